The highest BCUT2D eigenvalue weighted by molar-refractivity contribution is 6.31. The normalized spacial score (nSPS) is 15.9. The van der Waals surface area contributed by atoms with Crippen LogP contribution in [0.3, 0.4) is 0 Å². The second-order valence-corrected chi connectivity index (χ2v) is 5.27. The van der Waals surface area contributed by atoms with Gasteiger partial charge in [0.25, 0.3) is 0 Å². The molecule has 0 aliphatic heterocycles. The first kappa shape index (κ1) is 13.4. The van der Waals surface area contributed by atoms with Gasteiger partial charge in [-0.1, -0.05) is 23.7 Å². The number of hydrogen-bond donors (Lipinski definition) is 2. The van der Waals surface area contributed by atoms with Gasteiger partial charge in [-0.15, -0.1) is 0 Å². The maximum absolute atomic E-state index is 6.19. The summed E-state index contributed by atoms with van der Waals surface area (Å²) in [6.45, 7) is 0. The van der Waals surface area contributed by atoms with Crippen LogP contribution in [-0.2, 0) is 0 Å². The summed E-state index contributed by atoms with van der Waals surface area (Å²) in [6.07, 6.45) is 4.34. The molecule has 1 unspecified atom stereocenters. The molecule has 0 spiro atoms. The molecule has 1 aromatic carbocycles. The minimum Gasteiger partial charge on any atom is -0.490 e. The molecule has 0 saturated heterocycles. The van der Waals surface area contributed by atoms with Gasteiger partial charge in [0.2, 0.25) is 0 Å². The molecule has 1 aromatic heterocycles. The predicted octanol–water partition coefficient (Wildman–Crippen LogP) is 2.83. The van der Waals surface area contributed by atoms with E-state index in [4.69, 9.17) is 22.2 Å². The molecule has 1 fully saturated rings. The first-order valence-electron chi connectivity index (χ1n) is 6.61. The molecule has 1 aliphatic rings. The van der Waals surface area contributed by atoms with Crippen LogP contribution in [0.4, 0.5) is 0 Å². The number of pyridine rings is 1. The van der Waals surface area contributed by atoms with Crippen LogP contribution in [0.2, 0.25) is 5.02 Å². The van der Waals surface area contributed by atoms with Gasteiger partial charge in [-0.3, -0.25) is 10.8 Å². The molecule has 104 valence electrons. The molecule has 1 saturated carbocycles. The number of hydrazine groups is 1. The highest BCUT2D eigenvalue weighted by atomic mass is 35.5. The fourth-order valence-corrected chi connectivity index (χ4v) is 2.32. The van der Waals surface area contributed by atoms with Crippen molar-refractivity contribution in [1.29, 1.82) is 0 Å². The number of hydrogen-bond acceptors (Lipinski definition) is 4. The van der Waals surface area contributed by atoms with Crippen LogP contribution >= 0.6 is 11.6 Å². The van der Waals surface area contributed by atoms with E-state index in [-0.39, 0.29) is 6.04 Å². The van der Waals surface area contributed by atoms with Gasteiger partial charge in [-0.2, -0.15) is 0 Å². The van der Waals surface area contributed by atoms with Crippen molar-refractivity contribution in [3.63, 3.8) is 0 Å². The number of benzene rings is 1. The maximum atomic E-state index is 6.19. The summed E-state index contributed by atoms with van der Waals surface area (Å²) in [5.74, 6) is 6.54. The van der Waals surface area contributed by atoms with Crippen molar-refractivity contribution < 1.29 is 4.74 Å². The van der Waals surface area contributed by atoms with Crippen molar-refractivity contribution in [2.75, 3.05) is 0 Å². The smallest absolute Gasteiger partial charge is 0.120 e. The van der Waals surface area contributed by atoms with Crippen molar-refractivity contribution in [3.8, 4) is 5.75 Å². The topological polar surface area (TPSA) is 60.2 Å². The fourth-order valence-electron chi connectivity index (χ4n) is 2.09. The summed E-state index contributed by atoms with van der Waals surface area (Å²) < 4.78 is 5.80. The van der Waals surface area contributed by atoms with Crippen molar-refractivity contribution >= 4 is 11.6 Å². The third kappa shape index (κ3) is 2.93. The van der Waals surface area contributed by atoms with Gasteiger partial charge in [0, 0.05) is 6.20 Å². The molecule has 3 rings (SSSR count). The third-order valence-corrected chi connectivity index (χ3v) is 3.57. The first-order valence-corrected chi connectivity index (χ1v) is 6.99. The molecule has 3 N–H and O–H groups in total. The second kappa shape index (κ2) is 5.79. The summed E-state index contributed by atoms with van der Waals surface area (Å²) >= 11 is 6.19. The zero-order valence-electron chi connectivity index (χ0n) is 10.9. The summed E-state index contributed by atoms with van der Waals surface area (Å²) in [4.78, 5) is 4.31. The number of nitrogens with zero attached hydrogens (tertiary/aromatic N) is 1. The molecule has 2 aromatic rings. The van der Waals surface area contributed by atoms with Gasteiger partial charge >= 0.3 is 0 Å². The lowest BCUT2D eigenvalue weighted by molar-refractivity contribution is 0.302. The van der Waals surface area contributed by atoms with Crippen molar-refractivity contribution in [2.24, 2.45) is 5.84 Å². The van der Waals surface area contributed by atoms with Gasteiger partial charge in [0.15, 0.2) is 0 Å². The maximum Gasteiger partial charge on any atom is 0.120 e. The third-order valence-electron chi connectivity index (χ3n) is 3.25. The van der Waals surface area contributed by atoms with Crippen molar-refractivity contribution in [3.05, 3.63) is 58.9 Å². The Bertz CT molecular complexity index is 601. The van der Waals surface area contributed by atoms with Crippen LogP contribution in [-0.4, -0.2) is 11.1 Å². The number of ether oxygens (including phenoxy) is 1. The minimum atomic E-state index is -0.258. The second-order valence-electron chi connectivity index (χ2n) is 4.86. The number of halogens is 1. The molecule has 4 nitrogen and oxygen atoms in total. The lowest BCUT2D eigenvalue weighted by Crippen LogP contribution is -2.29. The van der Waals surface area contributed by atoms with Crippen molar-refractivity contribution in [2.45, 2.75) is 25.0 Å². The van der Waals surface area contributed by atoms with Crippen LogP contribution in [0.25, 0.3) is 0 Å². The number of rotatable bonds is 5. The molecule has 1 aliphatic carbocycles. The Morgan fingerprint density at radius 1 is 1.30 bits per heavy atom. The molecule has 0 radical (unpaired) electrons. The fraction of sp³-hybridized carbons (Fsp3) is 0.267. The molecule has 1 heterocycles. The number of nitrogens with one attached hydrogen (secondary N) is 1. The van der Waals surface area contributed by atoms with E-state index < -0.39 is 0 Å². The summed E-state index contributed by atoms with van der Waals surface area (Å²) in [6, 6.07) is 11.2. The zero-order chi connectivity index (χ0) is 13.9. The van der Waals surface area contributed by atoms with Gasteiger partial charge in [-0.05, 0) is 42.7 Å². The Kier molecular flexibility index (Phi) is 3.87. The number of nitrogens with two attached hydrogens (primary N) is 1. The molecule has 1 atom stereocenters. The van der Waals surface area contributed by atoms with E-state index in [1.807, 2.05) is 24.3 Å². The predicted molar refractivity (Wildman–Crippen MR) is 78.5 cm³/mol. The van der Waals surface area contributed by atoms with Crippen LogP contribution in [0.5, 0.6) is 5.75 Å². The van der Waals surface area contributed by atoms with E-state index in [9.17, 15) is 0 Å². The van der Waals surface area contributed by atoms with Gasteiger partial charge in [-0.25, -0.2) is 5.43 Å². The molecular weight excluding hydrogens is 274 g/mol. The first-order chi connectivity index (χ1) is 9.78. The molecule has 0 bridgehead atoms. The highest BCUT2D eigenvalue weighted by Crippen LogP contribution is 2.31. The van der Waals surface area contributed by atoms with Crippen LogP contribution in [0, 0.1) is 0 Å². The van der Waals surface area contributed by atoms with E-state index in [1.54, 1.807) is 18.3 Å². The zero-order valence-corrected chi connectivity index (χ0v) is 11.7. The highest BCUT2D eigenvalue weighted by Gasteiger charge is 2.24. The average molecular weight is 290 g/mol. The van der Waals surface area contributed by atoms with Gasteiger partial charge < -0.3 is 4.74 Å². The monoisotopic (exact) mass is 289 g/mol. The van der Waals surface area contributed by atoms with E-state index in [1.165, 1.54) is 0 Å². The number of aromatic nitrogens is 1. The average Bonchev–Trinajstić information content (AvgIpc) is 3.26. The largest absolute Gasteiger partial charge is 0.490 e. The lowest BCUT2D eigenvalue weighted by atomic mass is 10.0. The molecule has 5 heteroatoms. The quantitative estimate of drug-likeness (QED) is 0.656. The Balaban J connectivity index is 1.90. The Morgan fingerprint density at radius 3 is 2.85 bits per heavy atom. The summed E-state index contributed by atoms with van der Waals surface area (Å²) in [5.41, 5.74) is 4.46. The molecular formula is C15H16ClN3O. The summed E-state index contributed by atoms with van der Waals surface area (Å²) in [5, 5.41) is 0.587. The van der Waals surface area contributed by atoms with Crippen molar-refractivity contribution in [1.82, 2.24) is 10.4 Å². The standard InChI is InChI=1S/C15H16ClN3O/c16-13-5-2-8-18-15(13)14(19-17)10-3-1-4-12(9-10)20-11-6-7-11/h1-5,8-9,11,14,19H,6-7,17H2. The minimum absolute atomic E-state index is 0.258. The van der Waals surface area contributed by atoms with Gasteiger partial charge in [0.1, 0.15) is 5.75 Å². The van der Waals surface area contributed by atoms with E-state index in [0.29, 0.717) is 16.8 Å². The Hall–Kier alpha value is -1.62. The Morgan fingerprint density at radius 2 is 2.15 bits per heavy atom. The molecule has 0 amide bonds. The van der Waals surface area contributed by atoms with E-state index >= 15 is 0 Å². The van der Waals surface area contributed by atoms with Crippen LogP contribution in [0.15, 0.2) is 42.6 Å². The van der Waals surface area contributed by atoms with E-state index in [0.717, 1.165) is 24.2 Å². The summed E-state index contributed by atoms with van der Waals surface area (Å²) in [7, 11) is 0. The van der Waals surface area contributed by atoms with E-state index in [2.05, 4.69) is 10.4 Å². The Labute approximate surface area is 122 Å². The molecule has 20 heavy (non-hydrogen) atoms. The van der Waals surface area contributed by atoms with Crippen LogP contribution in [0.1, 0.15) is 30.1 Å². The SMILES string of the molecule is NNC(c1cccc(OC2CC2)c1)c1ncccc1Cl. The van der Waals surface area contributed by atoms with Gasteiger partial charge in [0.05, 0.1) is 22.9 Å². The lowest BCUT2D eigenvalue weighted by Gasteiger charge is -2.18. The van der Waals surface area contributed by atoms with Crippen LogP contribution < -0.4 is 16.0 Å².